The van der Waals surface area contributed by atoms with Crippen LogP contribution in [0, 0.1) is 12.7 Å². The van der Waals surface area contributed by atoms with Gasteiger partial charge < -0.3 is 5.11 Å². The molecule has 0 aliphatic rings. The maximum absolute atomic E-state index is 13.2. The van der Waals surface area contributed by atoms with Crippen LogP contribution in [0.4, 0.5) is 10.1 Å². The van der Waals surface area contributed by atoms with Crippen molar-refractivity contribution in [3.63, 3.8) is 0 Å². The molecular weight excluding hydrogens is 317 g/mol. The summed E-state index contributed by atoms with van der Waals surface area (Å²) in [6.45, 7) is 1.50. The fraction of sp³-hybridized carbons (Fsp3) is 0.143. The molecule has 7 heteroatoms. The molecule has 0 aliphatic heterocycles. The van der Waals surface area contributed by atoms with Crippen LogP contribution in [0.25, 0.3) is 0 Å². The van der Waals surface area contributed by atoms with Crippen molar-refractivity contribution in [1.29, 1.82) is 0 Å². The van der Waals surface area contributed by atoms with Gasteiger partial charge in [0.2, 0.25) is 0 Å². The van der Waals surface area contributed by atoms with Crippen molar-refractivity contribution in [1.82, 2.24) is 0 Å². The topological polar surface area (TPSA) is 66.4 Å². The molecule has 2 aromatic rings. The summed E-state index contributed by atoms with van der Waals surface area (Å²) in [6, 6.07) is 8.00. The molecule has 0 unspecified atom stereocenters. The molecule has 0 saturated carbocycles. The van der Waals surface area contributed by atoms with E-state index in [4.69, 9.17) is 16.7 Å². The zero-order valence-electron chi connectivity index (χ0n) is 11.1. The standard InChI is InChI=1S/C14H13ClFNO3S/c1-9-2-3-10(8-18)6-13(9)17-21(19,20)14-7-11(16)4-5-12(14)15/h2-7,17-18H,8H2,1H3. The van der Waals surface area contributed by atoms with Gasteiger partial charge in [-0.2, -0.15) is 0 Å². The predicted octanol–water partition coefficient (Wildman–Crippen LogP) is 3.08. The van der Waals surface area contributed by atoms with Crippen molar-refractivity contribution in [2.45, 2.75) is 18.4 Å². The number of benzene rings is 2. The molecule has 0 spiro atoms. The summed E-state index contributed by atoms with van der Waals surface area (Å²) in [5.74, 6) is -0.694. The molecule has 0 heterocycles. The molecule has 21 heavy (non-hydrogen) atoms. The maximum atomic E-state index is 13.2. The number of halogens is 2. The molecule has 112 valence electrons. The highest BCUT2D eigenvalue weighted by Crippen LogP contribution is 2.26. The molecule has 2 N–H and O–H groups in total. The Kier molecular flexibility index (Phi) is 4.51. The van der Waals surface area contributed by atoms with Crippen molar-refractivity contribution in [2.75, 3.05) is 4.72 Å². The molecule has 0 aliphatic carbocycles. The second kappa shape index (κ2) is 6.01. The fourth-order valence-corrected chi connectivity index (χ4v) is 3.39. The van der Waals surface area contributed by atoms with Crippen LogP contribution in [0.5, 0.6) is 0 Å². The van der Waals surface area contributed by atoms with Crippen LogP contribution in [-0.2, 0) is 16.6 Å². The van der Waals surface area contributed by atoms with E-state index < -0.39 is 15.8 Å². The Morgan fingerprint density at radius 1 is 1.24 bits per heavy atom. The average Bonchev–Trinajstić information content (AvgIpc) is 2.43. The number of sulfonamides is 1. The summed E-state index contributed by atoms with van der Waals surface area (Å²) < 4.78 is 40.2. The smallest absolute Gasteiger partial charge is 0.263 e. The molecule has 4 nitrogen and oxygen atoms in total. The highest BCUT2D eigenvalue weighted by Gasteiger charge is 2.19. The summed E-state index contributed by atoms with van der Waals surface area (Å²) in [5.41, 5.74) is 1.54. The zero-order chi connectivity index (χ0) is 15.6. The van der Waals surface area contributed by atoms with Crippen molar-refractivity contribution in [3.05, 3.63) is 58.4 Å². The van der Waals surface area contributed by atoms with Gasteiger partial charge in [0.25, 0.3) is 10.0 Å². The minimum absolute atomic E-state index is 0.0696. The third-order valence-corrected chi connectivity index (χ3v) is 4.76. The largest absolute Gasteiger partial charge is 0.392 e. The second-order valence-corrected chi connectivity index (χ2v) is 6.55. The Bertz CT molecular complexity index is 778. The first-order valence-corrected chi connectivity index (χ1v) is 7.88. The SMILES string of the molecule is Cc1ccc(CO)cc1NS(=O)(=O)c1cc(F)ccc1Cl. The Labute approximate surface area is 127 Å². The van der Waals surface area contributed by atoms with Gasteiger partial charge in [-0.15, -0.1) is 0 Å². The lowest BCUT2D eigenvalue weighted by atomic mass is 10.1. The van der Waals surface area contributed by atoms with Crippen LogP contribution in [0.3, 0.4) is 0 Å². The van der Waals surface area contributed by atoms with Gasteiger partial charge in [0, 0.05) is 0 Å². The average molecular weight is 330 g/mol. The molecule has 2 rings (SSSR count). The highest BCUT2D eigenvalue weighted by atomic mass is 35.5. The number of aliphatic hydroxyl groups is 1. The number of nitrogens with one attached hydrogen (secondary N) is 1. The van der Waals surface area contributed by atoms with Crippen molar-refractivity contribution in [3.8, 4) is 0 Å². The van der Waals surface area contributed by atoms with Gasteiger partial charge in [-0.3, -0.25) is 4.72 Å². The number of aryl methyl sites for hydroxylation is 1. The van der Waals surface area contributed by atoms with E-state index >= 15 is 0 Å². The monoisotopic (exact) mass is 329 g/mol. The Balaban J connectivity index is 2.44. The molecule has 0 atom stereocenters. The van der Waals surface area contributed by atoms with Crippen LogP contribution < -0.4 is 4.72 Å². The number of rotatable bonds is 4. The minimum atomic E-state index is -4.02. The predicted molar refractivity (Wildman–Crippen MR) is 79.3 cm³/mol. The lowest BCUT2D eigenvalue weighted by Crippen LogP contribution is -2.14. The van der Waals surface area contributed by atoms with E-state index in [1.54, 1.807) is 19.1 Å². The van der Waals surface area contributed by atoms with Gasteiger partial charge in [-0.25, -0.2) is 12.8 Å². The van der Waals surface area contributed by atoms with E-state index in [9.17, 15) is 12.8 Å². The lowest BCUT2D eigenvalue weighted by molar-refractivity contribution is 0.282. The lowest BCUT2D eigenvalue weighted by Gasteiger charge is -2.12. The van der Waals surface area contributed by atoms with Crippen LogP contribution in [0.1, 0.15) is 11.1 Å². The van der Waals surface area contributed by atoms with Crippen LogP contribution in [0.2, 0.25) is 5.02 Å². The first-order valence-electron chi connectivity index (χ1n) is 6.02. The normalized spacial score (nSPS) is 11.4. The third kappa shape index (κ3) is 3.53. The van der Waals surface area contributed by atoms with Crippen LogP contribution in [-0.4, -0.2) is 13.5 Å². The number of hydrogen-bond acceptors (Lipinski definition) is 3. The van der Waals surface area contributed by atoms with E-state index in [0.717, 1.165) is 12.1 Å². The maximum Gasteiger partial charge on any atom is 0.263 e. The van der Waals surface area contributed by atoms with E-state index in [1.807, 2.05) is 0 Å². The quantitative estimate of drug-likeness (QED) is 0.906. The van der Waals surface area contributed by atoms with E-state index in [0.29, 0.717) is 16.8 Å². The number of hydrogen-bond donors (Lipinski definition) is 2. The molecule has 0 bridgehead atoms. The first-order chi connectivity index (χ1) is 9.83. The van der Waals surface area contributed by atoms with Gasteiger partial charge in [-0.05, 0) is 42.3 Å². The minimum Gasteiger partial charge on any atom is -0.392 e. The summed E-state index contributed by atoms with van der Waals surface area (Å²) in [5, 5.41) is 9.03. The molecule has 0 amide bonds. The van der Waals surface area contributed by atoms with Gasteiger partial charge in [0.05, 0.1) is 17.3 Å². The molecule has 0 fully saturated rings. The van der Waals surface area contributed by atoms with Crippen LogP contribution in [0.15, 0.2) is 41.3 Å². The summed E-state index contributed by atoms with van der Waals surface area (Å²) in [7, 11) is -4.02. The van der Waals surface area contributed by atoms with E-state index in [2.05, 4.69) is 4.72 Å². The highest BCUT2D eigenvalue weighted by molar-refractivity contribution is 7.92. The molecule has 0 aromatic heterocycles. The van der Waals surface area contributed by atoms with Crippen molar-refractivity contribution >= 4 is 27.3 Å². The Morgan fingerprint density at radius 3 is 2.62 bits per heavy atom. The van der Waals surface area contributed by atoms with Gasteiger partial charge in [0.15, 0.2) is 0 Å². The van der Waals surface area contributed by atoms with Gasteiger partial charge in [0.1, 0.15) is 10.7 Å². The first kappa shape index (κ1) is 15.8. The molecule has 0 saturated heterocycles. The van der Waals surface area contributed by atoms with Gasteiger partial charge in [-0.1, -0.05) is 23.7 Å². The summed E-state index contributed by atoms with van der Waals surface area (Å²) >= 11 is 5.82. The Morgan fingerprint density at radius 2 is 1.95 bits per heavy atom. The summed E-state index contributed by atoms with van der Waals surface area (Å²) in [6.07, 6.45) is 0. The third-order valence-electron chi connectivity index (χ3n) is 2.91. The molecular formula is C14H13ClFNO3S. The van der Waals surface area contributed by atoms with Gasteiger partial charge >= 0.3 is 0 Å². The van der Waals surface area contributed by atoms with Crippen LogP contribution >= 0.6 is 11.6 Å². The molecule has 0 radical (unpaired) electrons. The molecule has 2 aromatic carbocycles. The fourth-order valence-electron chi connectivity index (χ4n) is 1.76. The summed E-state index contributed by atoms with van der Waals surface area (Å²) in [4.78, 5) is -0.335. The number of anilines is 1. The van der Waals surface area contributed by atoms with Crippen molar-refractivity contribution in [2.24, 2.45) is 0 Å². The Hall–Kier alpha value is -1.63. The van der Waals surface area contributed by atoms with E-state index in [1.165, 1.54) is 12.1 Å². The zero-order valence-corrected chi connectivity index (χ0v) is 12.7. The van der Waals surface area contributed by atoms with E-state index in [-0.39, 0.29) is 16.5 Å². The van der Waals surface area contributed by atoms with Crippen molar-refractivity contribution < 1.29 is 17.9 Å². The second-order valence-electron chi connectivity index (χ2n) is 4.49. The number of aliphatic hydroxyl groups excluding tert-OH is 1.